The van der Waals surface area contributed by atoms with E-state index in [9.17, 15) is 9.59 Å². The van der Waals surface area contributed by atoms with Gasteiger partial charge in [-0.15, -0.1) is 5.10 Å². The molecule has 2 N–H and O–H groups in total. The fourth-order valence-electron chi connectivity index (χ4n) is 1.64. The number of nitrogens with zero attached hydrogens (tertiary/aromatic N) is 3. The lowest BCUT2D eigenvalue weighted by Crippen LogP contribution is -2.11. The Hall–Kier alpha value is -2.90. The maximum Gasteiger partial charge on any atom is 0.358 e. The molecule has 0 aliphatic heterocycles. The molecule has 0 fully saturated rings. The smallest absolute Gasteiger partial charge is 0.358 e. The number of hydrogen-bond acceptors (Lipinski definition) is 5. The molecule has 8 nitrogen and oxygen atoms in total. The molecule has 0 saturated carbocycles. The first-order chi connectivity index (χ1) is 10.1. The van der Waals surface area contributed by atoms with Gasteiger partial charge in [0, 0.05) is 6.92 Å². The molecule has 21 heavy (non-hydrogen) atoms. The topological polar surface area (TPSA) is 106 Å². The van der Waals surface area contributed by atoms with Crippen LogP contribution in [0.4, 0.5) is 5.69 Å². The number of benzene rings is 1. The number of para-hydroxylation sites is 2. The summed E-state index contributed by atoms with van der Waals surface area (Å²) < 4.78 is 6.94. The number of aromatic carboxylic acids is 1. The monoisotopic (exact) mass is 290 g/mol. The number of carboxylic acid groups (broad SMARTS) is 1. The molecule has 1 aromatic heterocycles. The molecule has 1 amide bonds. The summed E-state index contributed by atoms with van der Waals surface area (Å²) in [6.07, 6.45) is 1.32. The van der Waals surface area contributed by atoms with Gasteiger partial charge in [0.05, 0.1) is 18.4 Å². The molecule has 8 heteroatoms. The molecule has 1 aromatic carbocycles. The quantitative estimate of drug-likeness (QED) is 0.822. The van der Waals surface area contributed by atoms with Crippen molar-refractivity contribution in [2.24, 2.45) is 0 Å². The van der Waals surface area contributed by atoms with Gasteiger partial charge >= 0.3 is 5.97 Å². The largest absolute Gasteiger partial charge is 0.489 e. The van der Waals surface area contributed by atoms with Crippen molar-refractivity contribution in [1.82, 2.24) is 15.0 Å². The van der Waals surface area contributed by atoms with Crippen molar-refractivity contribution >= 4 is 17.6 Å². The molecule has 0 spiro atoms. The van der Waals surface area contributed by atoms with Gasteiger partial charge in [0.25, 0.3) is 0 Å². The average Bonchev–Trinajstić information content (AvgIpc) is 2.89. The van der Waals surface area contributed by atoms with Gasteiger partial charge < -0.3 is 15.2 Å². The van der Waals surface area contributed by atoms with Gasteiger partial charge in [0.15, 0.2) is 5.69 Å². The molecule has 0 atom stereocenters. The normalized spacial score (nSPS) is 10.1. The highest BCUT2D eigenvalue weighted by Crippen LogP contribution is 2.23. The third-order valence-electron chi connectivity index (χ3n) is 2.53. The standard InChI is InChI=1S/C13H14N4O4/c1-9(18)14-10-4-2-3-5-12(10)21-7-6-17-8-11(13(19)20)15-16-17/h2-5,8H,6-7H2,1H3,(H,14,18)(H,19,20). The number of carbonyl (C=O) groups excluding carboxylic acids is 1. The Labute approximate surface area is 120 Å². The summed E-state index contributed by atoms with van der Waals surface area (Å²) in [7, 11) is 0. The molecule has 0 bridgehead atoms. The van der Waals surface area contributed by atoms with Crippen molar-refractivity contribution < 1.29 is 19.4 Å². The Balaban J connectivity index is 1.93. The van der Waals surface area contributed by atoms with E-state index in [-0.39, 0.29) is 18.2 Å². The van der Waals surface area contributed by atoms with Gasteiger partial charge in [-0.3, -0.25) is 4.79 Å². The van der Waals surface area contributed by atoms with E-state index in [4.69, 9.17) is 9.84 Å². The van der Waals surface area contributed by atoms with Crippen molar-refractivity contribution in [1.29, 1.82) is 0 Å². The summed E-state index contributed by atoms with van der Waals surface area (Å²) in [5.74, 6) is -0.780. The van der Waals surface area contributed by atoms with Crippen LogP contribution in [-0.2, 0) is 11.3 Å². The van der Waals surface area contributed by atoms with Gasteiger partial charge in [0.2, 0.25) is 5.91 Å². The number of aromatic nitrogens is 3. The van der Waals surface area contributed by atoms with Crippen LogP contribution in [-0.4, -0.2) is 38.6 Å². The van der Waals surface area contributed by atoms with E-state index in [0.29, 0.717) is 18.0 Å². The van der Waals surface area contributed by atoms with Gasteiger partial charge in [-0.05, 0) is 12.1 Å². The summed E-state index contributed by atoms with van der Waals surface area (Å²) in [5, 5.41) is 18.6. The van der Waals surface area contributed by atoms with Gasteiger partial charge in [-0.25, -0.2) is 9.48 Å². The Morgan fingerprint density at radius 1 is 1.38 bits per heavy atom. The fourth-order valence-corrected chi connectivity index (χ4v) is 1.64. The Bertz CT molecular complexity index is 653. The number of rotatable bonds is 6. The second-order valence-electron chi connectivity index (χ2n) is 4.20. The summed E-state index contributed by atoms with van der Waals surface area (Å²) in [4.78, 5) is 21.8. The van der Waals surface area contributed by atoms with Crippen LogP contribution in [0.1, 0.15) is 17.4 Å². The SMILES string of the molecule is CC(=O)Nc1ccccc1OCCn1cc(C(=O)O)nn1. The van der Waals surface area contributed by atoms with E-state index in [1.165, 1.54) is 17.8 Å². The number of carbonyl (C=O) groups is 2. The zero-order valence-corrected chi connectivity index (χ0v) is 11.3. The van der Waals surface area contributed by atoms with Gasteiger partial charge in [0.1, 0.15) is 12.4 Å². The highest BCUT2D eigenvalue weighted by Gasteiger charge is 2.08. The molecule has 0 aliphatic rings. The zero-order valence-electron chi connectivity index (χ0n) is 11.3. The highest BCUT2D eigenvalue weighted by molar-refractivity contribution is 5.90. The number of ether oxygens (including phenoxy) is 1. The number of nitrogens with one attached hydrogen (secondary N) is 1. The molecule has 110 valence electrons. The maximum absolute atomic E-state index is 11.1. The van der Waals surface area contributed by atoms with Crippen LogP contribution in [0.15, 0.2) is 30.5 Å². The minimum absolute atomic E-state index is 0.117. The summed E-state index contributed by atoms with van der Waals surface area (Å²) in [6, 6.07) is 7.04. The van der Waals surface area contributed by atoms with Crippen LogP contribution in [0.3, 0.4) is 0 Å². The van der Waals surface area contributed by atoms with Crippen LogP contribution in [0.25, 0.3) is 0 Å². The van der Waals surface area contributed by atoms with E-state index in [1.54, 1.807) is 24.3 Å². The average molecular weight is 290 g/mol. The predicted octanol–water partition coefficient (Wildman–Crippen LogP) is 1.01. The highest BCUT2D eigenvalue weighted by atomic mass is 16.5. The van der Waals surface area contributed by atoms with Crippen molar-refractivity contribution in [3.63, 3.8) is 0 Å². The lowest BCUT2D eigenvalue weighted by atomic mass is 10.3. The summed E-state index contributed by atoms with van der Waals surface area (Å²) in [6.45, 7) is 2.02. The van der Waals surface area contributed by atoms with Crippen LogP contribution in [0.5, 0.6) is 5.75 Å². The molecular formula is C13H14N4O4. The Kier molecular flexibility index (Phi) is 4.50. The lowest BCUT2D eigenvalue weighted by Gasteiger charge is -2.11. The van der Waals surface area contributed by atoms with Gasteiger partial charge in [-0.2, -0.15) is 0 Å². The molecule has 0 radical (unpaired) electrons. The van der Waals surface area contributed by atoms with E-state index in [0.717, 1.165) is 0 Å². The molecular weight excluding hydrogens is 276 g/mol. The first-order valence-electron chi connectivity index (χ1n) is 6.19. The number of amides is 1. The van der Waals surface area contributed by atoms with E-state index in [1.807, 2.05) is 0 Å². The van der Waals surface area contributed by atoms with Crippen LogP contribution >= 0.6 is 0 Å². The maximum atomic E-state index is 11.1. The zero-order chi connectivity index (χ0) is 15.2. The van der Waals surface area contributed by atoms with E-state index < -0.39 is 5.97 Å². The molecule has 0 unspecified atom stereocenters. The second kappa shape index (κ2) is 6.51. The van der Waals surface area contributed by atoms with E-state index in [2.05, 4.69) is 15.6 Å². The van der Waals surface area contributed by atoms with Crippen molar-refractivity contribution in [2.75, 3.05) is 11.9 Å². The third-order valence-corrected chi connectivity index (χ3v) is 2.53. The molecule has 0 saturated heterocycles. The molecule has 1 heterocycles. The fraction of sp³-hybridized carbons (Fsp3) is 0.231. The van der Waals surface area contributed by atoms with Crippen molar-refractivity contribution in [2.45, 2.75) is 13.5 Å². The minimum Gasteiger partial charge on any atom is -0.489 e. The van der Waals surface area contributed by atoms with Crippen molar-refractivity contribution in [3.05, 3.63) is 36.2 Å². The first kappa shape index (κ1) is 14.5. The minimum atomic E-state index is -1.13. The Morgan fingerprint density at radius 3 is 2.81 bits per heavy atom. The van der Waals surface area contributed by atoms with E-state index >= 15 is 0 Å². The predicted molar refractivity (Wildman–Crippen MR) is 73.2 cm³/mol. The molecule has 2 rings (SSSR count). The number of anilines is 1. The Morgan fingerprint density at radius 2 is 2.14 bits per heavy atom. The van der Waals surface area contributed by atoms with Crippen LogP contribution in [0, 0.1) is 0 Å². The van der Waals surface area contributed by atoms with Crippen molar-refractivity contribution in [3.8, 4) is 5.75 Å². The second-order valence-corrected chi connectivity index (χ2v) is 4.20. The summed E-state index contributed by atoms with van der Waals surface area (Å²) in [5.41, 5.74) is 0.462. The molecule has 2 aromatic rings. The number of carboxylic acids is 1. The summed E-state index contributed by atoms with van der Waals surface area (Å²) >= 11 is 0. The first-order valence-corrected chi connectivity index (χ1v) is 6.19. The van der Waals surface area contributed by atoms with Gasteiger partial charge in [-0.1, -0.05) is 17.3 Å². The lowest BCUT2D eigenvalue weighted by molar-refractivity contribution is -0.114. The number of hydrogen-bond donors (Lipinski definition) is 2. The van der Waals surface area contributed by atoms with Crippen LogP contribution in [0.2, 0.25) is 0 Å². The van der Waals surface area contributed by atoms with Crippen LogP contribution < -0.4 is 10.1 Å². The molecule has 0 aliphatic carbocycles. The third kappa shape index (κ3) is 4.03.